The van der Waals surface area contributed by atoms with Crippen LogP contribution >= 0.6 is 0 Å². The van der Waals surface area contributed by atoms with Gasteiger partial charge in [0.25, 0.3) is 0 Å². The fourth-order valence-electron chi connectivity index (χ4n) is 4.93. The summed E-state index contributed by atoms with van der Waals surface area (Å²) in [6.45, 7) is 6.52. The minimum atomic E-state index is 0.0277. The van der Waals surface area contributed by atoms with E-state index in [1.807, 2.05) is 17.2 Å². The summed E-state index contributed by atoms with van der Waals surface area (Å²) in [4.78, 5) is 32.3. The molecule has 1 spiro atoms. The Hall–Kier alpha value is -2.47. The van der Waals surface area contributed by atoms with E-state index in [2.05, 4.69) is 39.5 Å². The van der Waals surface area contributed by atoms with E-state index < -0.39 is 0 Å². The largest absolute Gasteiger partial charge is 0.352 e. The molecule has 1 unspecified atom stereocenters. The van der Waals surface area contributed by atoms with Crippen LogP contribution in [0.3, 0.4) is 0 Å². The number of piperidine rings is 1. The van der Waals surface area contributed by atoms with Gasteiger partial charge in [-0.15, -0.1) is 0 Å². The maximum atomic E-state index is 11.8. The SMILES string of the molecule is CC(=O)NC1CN(Cc2ccc3ncccc3c2)C2(CCN(C(C)=O)CC2)C1. The Labute approximate surface area is 165 Å². The van der Waals surface area contributed by atoms with Crippen LogP contribution in [0.2, 0.25) is 0 Å². The molecule has 3 heterocycles. The zero-order valence-corrected chi connectivity index (χ0v) is 16.6. The summed E-state index contributed by atoms with van der Waals surface area (Å²) in [7, 11) is 0. The molecule has 2 aliphatic rings. The van der Waals surface area contributed by atoms with Crippen molar-refractivity contribution in [3.05, 3.63) is 42.1 Å². The van der Waals surface area contributed by atoms with Gasteiger partial charge in [0.15, 0.2) is 0 Å². The summed E-state index contributed by atoms with van der Waals surface area (Å²) in [5.41, 5.74) is 2.31. The van der Waals surface area contributed by atoms with Gasteiger partial charge in [0.2, 0.25) is 11.8 Å². The highest BCUT2D eigenvalue weighted by atomic mass is 16.2. The monoisotopic (exact) mass is 380 g/mol. The van der Waals surface area contributed by atoms with E-state index in [0.717, 1.165) is 56.3 Å². The zero-order chi connectivity index (χ0) is 19.7. The Morgan fingerprint density at radius 2 is 2.00 bits per heavy atom. The number of carbonyl (C=O) groups excluding carboxylic acids is 2. The molecule has 6 heteroatoms. The molecule has 4 rings (SSSR count). The smallest absolute Gasteiger partial charge is 0.219 e. The molecule has 0 aliphatic carbocycles. The fourth-order valence-corrected chi connectivity index (χ4v) is 4.93. The van der Waals surface area contributed by atoms with Crippen molar-refractivity contribution in [2.45, 2.75) is 51.2 Å². The van der Waals surface area contributed by atoms with Gasteiger partial charge in [-0.05, 0) is 43.0 Å². The molecule has 0 saturated carbocycles. The average molecular weight is 380 g/mol. The second-order valence-corrected chi connectivity index (χ2v) is 8.24. The molecular formula is C22H28N4O2. The highest BCUT2D eigenvalue weighted by molar-refractivity contribution is 5.79. The molecule has 1 aromatic carbocycles. The van der Waals surface area contributed by atoms with E-state index in [0.29, 0.717) is 0 Å². The number of aromatic nitrogens is 1. The Bertz CT molecular complexity index is 889. The van der Waals surface area contributed by atoms with Gasteiger partial charge >= 0.3 is 0 Å². The van der Waals surface area contributed by atoms with Crippen LogP contribution in [0.1, 0.15) is 38.7 Å². The third-order valence-corrected chi connectivity index (χ3v) is 6.33. The molecule has 1 aromatic heterocycles. The van der Waals surface area contributed by atoms with Crippen molar-refractivity contribution in [1.29, 1.82) is 0 Å². The Morgan fingerprint density at radius 3 is 2.71 bits per heavy atom. The van der Waals surface area contributed by atoms with Crippen LogP contribution in [0.25, 0.3) is 10.9 Å². The van der Waals surface area contributed by atoms with Crippen molar-refractivity contribution in [3.63, 3.8) is 0 Å². The van der Waals surface area contributed by atoms with Gasteiger partial charge in [0, 0.05) is 63.2 Å². The first kappa shape index (κ1) is 18.9. The quantitative estimate of drug-likeness (QED) is 0.888. The van der Waals surface area contributed by atoms with E-state index in [1.165, 1.54) is 5.56 Å². The van der Waals surface area contributed by atoms with Gasteiger partial charge in [-0.3, -0.25) is 19.5 Å². The van der Waals surface area contributed by atoms with Crippen molar-refractivity contribution < 1.29 is 9.59 Å². The van der Waals surface area contributed by atoms with Gasteiger partial charge in [-0.25, -0.2) is 0 Å². The minimum Gasteiger partial charge on any atom is -0.352 e. The third-order valence-electron chi connectivity index (χ3n) is 6.33. The Morgan fingerprint density at radius 1 is 1.21 bits per heavy atom. The van der Waals surface area contributed by atoms with E-state index in [-0.39, 0.29) is 23.4 Å². The molecule has 0 bridgehead atoms. The van der Waals surface area contributed by atoms with E-state index in [9.17, 15) is 9.59 Å². The number of pyridine rings is 1. The lowest BCUT2D eigenvalue weighted by molar-refractivity contribution is -0.131. The van der Waals surface area contributed by atoms with E-state index in [1.54, 1.807) is 13.8 Å². The average Bonchev–Trinajstić information content (AvgIpc) is 2.97. The number of rotatable bonds is 3. The number of hydrogen-bond acceptors (Lipinski definition) is 4. The van der Waals surface area contributed by atoms with Crippen molar-refractivity contribution in [1.82, 2.24) is 20.1 Å². The maximum absolute atomic E-state index is 11.8. The summed E-state index contributed by atoms with van der Waals surface area (Å²) in [5, 5.41) is 4.27. The molecule has 28 heavy (non-hydrogen) atoms. The van der Waals surface area contributed by atoms with Crippen LogP contribution < -0.4 is 5.32 Å². The predicted octanol–water partition coefficient (Wildman–Crippen LogP) is 2.33. The van der Waals surface area contributed by atoms with Crippen LogP contribution in [0, 0.1) is 0 Å². The number of benzene rings is 1. The van der Waals surface area contributed by atoms with Crippen LogP contribution in [0.4, 0.5) is 0 Å². The lowest BCUT2D eigenvalue weighted by Gasteiger charge is -2.45. The molecule has 1 N–H and O–H groups in total. The lowest BCUT2D eigenvalue weighted by Crippen LogP contribution is -2.52. The molecule has 6 nitrogen and oxygen atoms in total. The number of hydrogen-bond donors (Lipinski definition) is 1. The zero-order valence-electron chi connectivity index (χ0n) is 16.6. The summed E-state index contributed by atoms with van der Waals surface area (Å²) in [6, 6.07) is 10.7. The Kier molecular flexibility index (Phi) is 5.06. The number of amides is 2. The van der Waals surface area contributed by atoms with Crippen molar-refractivity contribution in [2.75, 3.05) is 19.6 Å². The summed E-state index contributed by atoms with van der Waals surface area (Å²) < 4.78 is 0. The first-order valence-corrected chi connectivity index (χ1v) is 10.1. The molecule has 2 saturated heterocycles. The number of nitrogens with one attached hydrogen (secondary N) is 1. The van der Waals surface area contributed by atoms with Crippen LogP contribution in [0.15, 0.2) is 36.5 Å². The highest BCUT2D eigenvalue weighted by Crippen LogP contribution is 2.39. The normalized spacial score (nSPS) is 21.9. The molecular weight excluding hydrogens is 352 g/mol. The molecule has 2 aliphatic heterocycles. The molecule has 2 fully saturated rings. The second kappa shape index (κ2) is 7.51. The van der Waals surface area contributed by atoms with Gasteiger partial charge < -0.3 is 10.2 Å². The van der Waals surface area contributed by atoms with Crippen molar-refractivity contribution in [2.24, 2.45) is 0 Å². The summed E-state index contributed by atoms with van der Waals surface area (Å²) in [6.07, 6.45) is 4.68. The number of carbonyl (C=O) groups is 2. The maximum Gasteiger partial charge on any atom is 0.219 e. The standard InChI is InChI=1S/C22H28N4O2/c1-16(27)24-20-13-22(7-10-25(11-8-22)17(2)28)26(15-20)14-18-5-6-21-19(12-18)4-3-9-23-21/h3-6,9,12,20H,7-8,10-11,13-15H2,1-2H3,(H,24,27). The van der Waals surface area contributed by atoms with Crippen molar-refractivity contribution in [3.8, 4) is 0 Å². The molecule has 0 radical (unpaired) electrons. The summed E-state index contributed by atoms with van der Waals surface area (Å²) >= 11 is 0. The van der Waals surface area contributed by atoms with Gasteiger partial charge in [-0.1, -0.05) is 12.1 Å². The molecule has 2 amide bonds. The molecule has 1 atom stereocenters. The lowest BCUT2D eigenvalue weighted by atomic mass is 9.83. The van der Waals surface area contributed by atoms with Gasteiger partial charge in [0.1, 0.15) is 0 Å². The predicted molar refractivity (Wildman–Crippen MR) is 109 cm³/mol. The van der Waals surface area contributed by atoms with Gasteiger partial charge in [0.05, 0.1) is 5.52 Å². The van der Waals surface area contributed by atoms with E-state index in [4.69, 9.17) is 0 Å². The van der Waals surface area contributed by atoms with Gasteiger partial charge in [-0.2, -0.15) is 0 Å². The fraction of sp³-hybridized carbons (Fsp3) is 0.500. The number of likely N-dealkylation sites (tertiary alicyclic amines) is 2. The third kappa shape index (κ3) is 3.74. The van der Waals surface area contributed by atoms with Crippen LogP contribution in [-0.2, 0) is 16.1 Å². The first-order chi connectivity index (χ1) is 13.4. The highest BCUT2D eigenvalue weighted by Gasteiger charge is 2.47. The second-order valence-electron chi connectivity index (χ2n) is 8.24. The topological polar surface area (TPSA) is 65.5 Å². The Balaban J connectivity index is 1.56. The first-order valence-electron chi connectivity index (χ1n) is 10.1. The number of fused-ring (bicyclic) bond motifs is 1. The number of nitrogens with zero attached hydrogens (tertiary/aromatic N) is 3. The van der Waals surface area contributed by atoms with E-state index >= 15 is 0 Å². The molecule has 2 aromatic rings. The minimum absolute atomic E-state index is 0.0277. The van der Waals surface area contributed by atoms with Crippen molar-refractivity contribution >= 4 is 22.7 Å². The van der Waals surface area contributed by atoms with Crippen LogP contribution in [0.5, 0.6) is 0 Å². The van der Waals surface area contributed by atoms with Crippen LogP contribution in [-0.4, -0.2) is 57.8 Å². The summed E-state index contributed by atoms with van der Waals surface area (Å²) in [5.74, 6) is 0.180. The molecule has 148 valence electrons.